The molecule has 1 heterocycles. The topological polar surface area (TPSA) is 74.0 Å². The molecule has 0 radical (unpaired) electrons. The van der Waals surface area contributed by atoms with Crippen molar-refractivity contribution in [2.75, 3.05) is 0 Å². The predicted octanol–water partition coefficient (Wildman–Crippen LogP) is 3.47. The van der Waals surface area contributed by atoms with Crippen LogP contribution in [0.1, 0.15) is 15.9 Å². The average molecular weight is 274 g/mol. The molecular weight excluding hydrogens is 264 g/mol. The molecule has 0 atom stereocenters. The van der Waals surface area contributed by atoms with E-state index < -0.39 is 5.97 Å². The number of hydrogen-bond donors (Lipinski definition) is 1. The summed E-state index contributed by atoms with van der Waals surface area (Å²) in [5, 5.41) is 18.8. The lowest BCUT2D eigenvalue weighted by molar-refractivity contribution is 0.0699. The van der Waals surface area contributed by atoms with Crippen LogP contribution in [0.4, 0.5) is 0 Å². The third-order valence-electron chi connectivity index (χ3n) is 3.26. The number of hydrogen-bond acceptors (Lipinski definition) is 3. The predicted molar refractivity (Wildman–Crippen MR) is 78.9 cm³/mol. The molecule has 1 aromatic heterocycles. The quantitative estimate of drug-likeness (QED) is 0.776. The second-order valence-electron chi connectivity index (χ2n) is 4.57. The fourth-order valence-corrected chi connectivity index (χ4v) is 2.22. The average Bonchev–Trinajstić information content (AvgIpc) is 2.53. The Bertz CT molecular complexity index is 877. The highest BCUT2D eigenvalue weighted by molar-refractivity contribution is 6.03. The van der Waals surface area contributed by atoms with E-state index in [9.17, 15) is 9.90 Å². The van der Waals surface area contributed by atoms with E-state index in [0.29, 0.717) is 22.2 Å². The number of para-hydroxylation sites is 1. The number of carboxylic acids is 1. The minimum atomic E-state index is -0.983. The summed E-state index contributed by atoms with van der Waals surface area (Å²) < 4.78 is 0. The minimum Gasteiger partial charge on any atom is -0.478 e. The van der Waals surface area contributed by atoms with Crippen molar-refractivity contribution in [3.8, 4) is 17.3 Å². The Balaban J connectivity index is 2.23. The molecule has 4 nitrogen and oxygen atoms in total. The van der Waals surface area contributed by atoms with Gasteiger partial charge in [-0.2, -0.15) is 5.26 Å². The first-order valence-electron chi connectivity index (χ1n) is 6.32. The van der Waals surface area contributed by atoms with Crippen LogP contribution in [0.3, 0.4) is 0 Å². The number of fused-ring (bicyclic) bond motifs is 1. The zero-order valence-corrected chi connectivity index (χ0v) is 10.9. The van der Waals surface area contributed by atoms with Gasteiger partial charge in [0.2, 0.25) is 0 Å². The van der Waals surface area contributed by atoms with E-state index in [1.165, 1.54) is 0 Å². The van der Waals surface area contributed by atoms with Crippen LogP contribution in [0.25, 0.3) is 22.2 Å². The van der Waals surface area contributed by atoms with E-state index in [4.69, 9.17) is 5.26 Å². The van der Waals surface area contributed by atoms with Crippen molar-refractivity contribution in [3.63, 3.8) is 0 Å². The van der Waals surface area contributed by atoms with Gasteiger partial charge in [-0.05, 0) is 24.3 Å². The molecule has 1 N–H and O–H groups in total. The second-order valence-corrected chi connectivity index (χ2v) is 4.57. The van der Waals surface area contributed by atoms with Crippen molar-refractivity contribution < 1.29 is 9.90 Å². The number of rotatable bonds is 2. The normalized spacial score (nSPS) is 10.2. The van der Waals surface area contributed by atoms with Gasteiger partial charge in [-0.3, -0.25) is 0 Å². The summed E-state index contributed by atoms with van der Waals surface area (Å²) in [6.07, 6.45) is 0. The third kappa shape index (κ3) is 2.33. The van der Waals surface area contributed by atoms with Gasteiger partial charge in [-0.15, -0.1) is 0 Å². The summed E-state index contributed by atoms with van der Waals surface area (Å²) >= 11 is 0. The van der Waals surface area contributed by atoms with Crippen molar-refractivity contribution in [3.05, 3.63) is 65.7 Å². The van der Waals surface area contributed by atoms with E-state index in [-0.39, 0.29) is 5.56 Å². The van der Waals surface area contributed by atoms with E-state index in [2.05, 4.69) is 11.1 Å². The molecular formula is C17H10N2O2. The largest absolute Gasteiger partial charge is 0.478 e. The van der Waals surface area contributed by atoms with Crippen molar-refractivity contribution >= 4 is 16.9 Å². The first-order chi connectivity index (χ1) is 10.2. The Morgan fingerprint density at radius 1 is 1.10 bits per heavy atom. The first-order valence-corrected chi connectivity index (χ1v) is 6.32. The van der Waals surface area contributed by atoms with Gasteiger partial charge in [0, 0.05) is 10.9 Å². The molecule has 100 valence electrons. The van der Waals surface area contributed by atoms with Gasteiger partial charge < -0.3 is 5.11 Å². The molecule has 2 aromatic carbocycles. The van der Waals surface area contributed by atoms with E-state index >= 15 is 0 Å². The fourth-order valence-electron chi connectivity index (χ4n) is 2.22. The molecule has 0 fully saturated rings. The minimum absolute atomic E-state index is 0.222. The second kappa shape index (κ2) is 5.06. The number of carbonyl (C=O) groups is 1. The van der Waals surface area contributed by atoms with Gasteiger partial charge in [-0.1, -0.05) is 30.3 Å². The zero-order valence-electron chi connectivity index (χ0n) is 10.9. The van der Waals surface area contributed by atoms with E-state index in [1.54, 1.807) is 48.5 Å². The highest BCUT2D eigenvalue weighted by Crippen LogP contribution is 2.25. The van der Waals surface area contributed by atoms with Crippen LogP contribution in [0.5, 0.6) is 0 Å². The molecule has 0 aliphatic rings. The van der Waals surface area contributed by atoms with Crippen LogP contribution in [-0.4, -0.2) is 16.1 Å². The highest BCUT2D eigenvalue weighted by atomic mass is 16.4. The first kappa shape index (κ1) is 12.8. The number of pyridine rings is 1. The van der Waals surface area contributed by atoms with Crippen LogP contribution < -0.4 is 0 Å². The van der Waals surface area contributed by atoms with Crippen molar-refractivity contribution in [1.29, 1.82) is 5.26 Å². The Hall–Kier alpha value is -3.19. The molecule has 0 aliphatic carbocycles. The van der Waals surface area contributed by atoms with Gasteiger partial charge in [0.25, 0.3) is 0 Å². The molecule has 0 bridgehead atoms. The number of nitrogens with zero attached hydrogens (tertiary/aromatic N) is 2. The summed E-state index contributed by atoms with van der Waals surface area (Å²) in [5.74, 6) is -0.983. The van der Waals surface area contributed by atoms with Crippen LogP contribution in [-0.2, 0) is 0 Å². The number of carboxylic acid groups (broad SMARTS) is 1. The molecule has 0 unspecified atom stereocenters. The van der Waals surface area contributed by atoms with Gasteiger partial charge in [-0.25, -0.2) is 9.78 Å². The van der Waals surface area contributed by atoms with E-state index in [0.717, 1.165) is 5.56 Å². The Morgan fingerprint density at radius 3 is 2.48 bits per heavy atom. The SMILES string of the molecule is N#Cc1ccc(-c2cc(C(=O)O)c3ccccc3n2)cc1. The number of aromatic carboxylic acids is 1. The van der Waals surface area contributed by atoms with Gasteiger partial charge in [0.05, 0.1) is 28.4 Å². The monoisotopic (exact) mass is 274 g/mol. The molecule has 3 rings (SSSR count). The molecule has 0 saturated carbocycles. The number of aromatic nitrogens is 1. The molecule has 0 spiro atoms. The maximum Gasteiger partial charge on any atom is 0.336 e. The van der Waals surface area contributed by atoms with Crippen molar-refractivity contribution in [1.82, 2.24) is 4.98 Å². The summed E-state index contributed by atoms with van der Waals surface area (Å²) in [5.41, 5.74) is 2.77. The van der Waals surface area contributed by atoms with Crippen LogP contribution in [0, 0.1) is 11.3 Å². The van der Waals surface area contributed by atoms with Gasteiger partial charge in [0.1, 0.15) is 0 Å². The molecule has 3 aromatic rings. The summed E-state index contributed by atoms with van der Waals surface area (Å²) in [6, 6.07) is 17.7. The zero-order chi connectivity index (χ0) is 14.8. The standard InChI is InChI=1S/C17H10N2O2/c18-10-11-5-7-12(8-6-11)16-9-14(17(20)21)13-3-1-2-4-15(13)19-16/h1-9H,(H,20,21). The number of nitriles is 1. The smallest absolute Gasteiger partial charge is 0.336 e. The Kier molecular flexibility index (Phi) is 3.09. The lowest BCUT2D eigenvalue weighted by atomic mass is 10.0. The highest BCUT2D eigenvalue weighted by Gasteiger charge is 2.12. The van der Waals surface area contributed by atoms with Gasteiger partial charge in [0.15, 0.2) is 0 Å². The van der Waals surface area contributed by atoms with Crippen LogP contribution in [0.15, 0.2) is 54.6 Å². The number of benzene rings is 2. The molecule has 0 saturated heterocycles. The maximum atomic E-state index is 11.4. The maximum absolute atomic E-state index is 11.4. The molecule has 4 heteroatoms. The van der Waals surface area contributed by atoms with Crippen LogP contribution >= 0.6 is 0 Å². The third-order valence-corrected chi connectivity index (χ3v) is 3.26. The Labute approximate surface area is 120 Å². The lowest BCUT2D eigenvalue weighted by Crippen LogP contribution is -2.00. The molecule has 0 amide bonds. The van der Waals surface area contributed by atoms with Crippen molar-refractivity contribution in [2.45, 2.75) is 0 Å². The molecule has 0 aliphatic heterocycles. The lowest BCUT2D eigenvalue weighted by Gasteiger charge is -2.07. The van der Waals surface area contributed by atoms with E-state index in [1.807, 2.05) is 6.07 Å². The summed E-state index contributed by atoms with van der Waals surface area (Å²) in [6.45, 7) is 0. The van der Waals surface area contributed by atoms with Crippen molar-refractivity contribution in [2.24, 2.45) is 0 Å². The van der Waals surface area contributed by atoms with Gasteiger partial charge >= 0.3 is 5.97 Å². The summed E-state index contributed by atoms with van der Waals surface area (Å²) in [4.78, 5) is 15.9. The molecule has 21 heavy (non-hydrogen) atoms. The van der Waals surface area contributed by atoms with Crippen LogP contribution in [0.2, 0.25) is 0 Å². The Morgan fingerprint density at radius 2 is 1.81 bits per heavy atom. The summed E-state index contributed by atoms with van der Waals surface area (Å²) in [7, 11) is 0. The fraction of sp³-hybridized carbons (Fsp3) is 0.